The lowest BCUT2D eigenvalue weighted by Gasteiger charge is -2.18. The fourth-order valence-corrected chi connectivity index (χ4v) is 2.17. The molecule has 1 aliphatic rings. The summed E-state index contributed by atoms with van der Waals surface area (Å²) in [7, 11) is 0. The predicted octanol–water partition coefficient (Wildman–Crippen LogP) is 1.42. The Morgan fingerprint density at radius 2 is 2.00 bits per heavy atom. The number of nitrogens with one attached hydrogen (secondary N) is 1. The zero-order valence-electron chi connectivity index (χ0n) is 9.25. The first-order valence-electron chi connectivity index (χ1n) is 5.65. The first-order valence-corrected chi connectivity index (χ1v) is 5.65. The van der Waals surface area contributed by atoms with E-state index < -0.39 is 0 Å². The van der Waals surface area contributed by atoms with E-state index in [4.69, 9.17) is 5.73 Å². The quantitative estimate of drug-likeness (QED) is 0.717. The maximum Gasteiger partial charge on any atom is 0.223 e. The van der Waals surface area contributed by atoms with Gasteiger partial charge in [0.2, 0.25) is 5.91 Å². The molecule has 0 aliphatic heterocycles. The molecule has 0 heterocycles. The van der Waals surface area contributed by atoms with Gasteiger partial charge in [-0.3, -0.25) is 4.79 Å². The average Bonchev–Trinajstić information content (AvgIpc) is 2.53. The average molecular weight is 198 g/mol. The van der Waals surface area contributed by atoms with Crippen molar-refractivity contribution >= 4 is 5.91 Å². The van der Waals surface area contributed by atoms with Crippen molar-refractivity contribution in [2.45, 2.75) is 58.0 Å². The Kier molecular flexibility index (Phi) is 4.39. The van der Waals surface area contributed by atoms with Gasteiger partial charge in [0, 0.05) is 18.0 Å². The van der Waals surface area contributed by atoms with Crippen LogP contribution in [0.15, 0.2) is 0 Å². The molecular formula is C11H22N2O. The van der Waals surface area contributed by atoms with Crippen LogP contribution in [-0.2, 0) is 4.79 Å². The summed E-state index contributed by atoms with van der Waals surface area (Å²) in [5, 5.41) is 3.03. The van der Waals surface area contributed by atoms with Gasteiger partial charge in [-0.15, -0.1) is 0 Å². The minimum atomic E-state index is 0.161. The monoisotopic (exact) mass is 198 g/mol. The van der Waals surface area contributed by atoms with Crippen LogP contribution in [0.1, 0.15) is 46.0 Å². The van der Waals surface area contributed by atoms with Gasteiger partial charge >= 0.3 is 0 Å². The SMILES string of the molecule is CC(N)CC(C)NC(=O)C1CCCC1. The van der Waals surface area contributed by atoms with E-state index in [1.165, 1.54) is 12.8 Å². The lowest BCUT2D eigenvalue weighted by atomic mass is 10.1. The molecule has 1 amide bonds. The molecule has 2 unspecified atom stereocenters. The van der Waals surface area contributed by atoms with Crippen molar-refractivity contribution in [1.29, 1.82) is 0 Å². The van der Waals surface area contributed by atoms with Crippen LogP contribution in [0.5, 0.6) is 0 Å². The van der Waals surface area contributed by atoms with Crippen molar-refractivity contribution in [3.8, 4) is 0 Å². The number of hydrogen-bond donors (Lipinski definition) is 2. The van der Waals surface area contributed by atoms with Crippen LogP contribution in [0.2, 0.25) is 0 Å². The summed E-state index contributed by atoms with van der Waals surface area (Å²) in [6, 6.07) is 0.372. The summed E-state index contributed by atoms with van der Waals surface area (Å²) >= 11 is 0. The summed E-state index contributed by atoms with van der Waals surface area (Å²) < 4.78 is 0. The molecule has 0 radical (unpaired) electrons. The summed E-state index contributed by atoms with van der Waals surface area (Å²) in [4.78, 5) is 11.7. The van der Waals surface area contributed by atoms with E-state index >= 15 is 0 Å². The first-order chi connectivity index (χ1) is 6.59. The third kappa shape index (κ3) is 3.66. The fourth-order valence-electron chi connectivity index (χ4n) is 2.17. The molecule has 0 aromatic rings. The maximum absolute atomic E-state index is 11.7. The molecule has 0 spiro atoms. The van der Waals surface area contributed by atoms with Crippen molar-refractivity contribution < 1.29 is 4.79 Å². The minimum Gasteiger partial charge on any atom is -0.353 e. The molecule has 1 aliphatic carbocycles. The molecule has 1 rings (SSSR count). The number of amides is 1. The van der Waals surface area contributed by atoms with E-state index in [-0.39, 0.29) is 23.9 Å². The van der Waals surface area contributed by atoms with Gasteiger partial charge in [-0.25, -0.2) is 0 Å². The molecule has 0 aromatic carbocycles. The molecule has 1 saturated carbocycles. The third-order valence-corrected chi connectivity index (χ3v) is 2.84. The highest BCUT2D eigenvalue weighted by molar-refractivity contribution is 5.79. The van der Waals surface area contributed by atoms with E-state index in [0.717, 1.165) is 19.3 Å². The van der Waals surface area contributed by atoms with Gasteiger partial charge in [0.25, 0.3) is 0 Å². The van der Waals surface area contributed by atoms with Crippen molar-refractivity contribution in [1.82, 2.24) is 5.32 Å². The molecule has 0 aromatic heterocycles. The van der Waals surface area contributed by atoms with Crippen LogP contribution in [0.4, 0.5) is 0 Å². The second kappa shape index (κ2) is 5.35. The largest absolute Gasteiger partial charge is 0.353 e. The molecule has 82 valence electrons. The second-order valence-corrected chi connectivity index (χ2v) is 4.60. The Bertz CT molecular complexity index is 186. The number of hydrogen-bond acceptors (Lipinski definition) is 2. The topological polar surface area (TPSA) is 55.1 Å². The Morgan fingerprint density at radius 1 is 1.43 bits per heavy atom. The third-order valence-electron chi connectivity index (χ3n) is 2.84. The van der Waals surface area contributed by atoms with Gasteiger partial charge in [-0.1, -0.05) is 12.8 Å². The highest BCUT2D eigenvalue weighted by Gasteiger charge is 2.23. The van der Waals surface area contributed by atoms with Crippen molar-refractivity contribution in [3.63, 3.8) is 0 Å². The molecule has 3 heteroatoms. The predicted molar refractivity (Wildman–Crippen MR) is 57.8 cm³/mol. The normalized spacial score (nSPS) is 21.9. The van der Waals surface area contributed by atoms with Gasteiger partial charge in [0.1, 0.15) is 0 Å². The molecule has 2 atom stereocenters. The Hall–Kier alpha value is -0.570. The van der Waals surface area contributed by atoms with Crippen LogP contribution in [0.3, 0.4) is 0 Å². The van der Waals surface area contributed by atoms with Crippen LogP contribution >= 0.6 is 0 Å². The van der Waals surface area contributed by atoms with E-state index in [2.05, 4.69) is 5.32 Å². The van der Waals surface area contributed by atoms with Gasteiger partial charge in [0.05, 0.1) is 0 Å². The first kappa shape index (κ1) is 11.5. The molecular weight excluding hydrogens is 176 g/mol. The van der Waals surface area contributed by atoms with Crippen LogP contribution in [-0.4, -0.2) is 18.0 Å². The summed E-state index contributed by atoms with van der Waals surface area (Å²) in [5.41, 5.74) is 5.67. The maximum atomic E-state index is 11.7. The van der Waals surface area contributed by atoms with Crippen molar-refractivity contribution in [2.24, 2.45) is 11.7 Å². The second-order valence-electron chi connectivity index (χ2n) is 4.60. The number of carbonyl (C=O) groups excluding carboxylic acids is 1. The molecule has 14 heavy (non-hydrogen) atoms. The highest BCUT2D eigenvalue weighted by atomic mass is 16.1. The van der Waals surface area contributed by atoms with Gasteiger partial charge in [0.15, 0.2) is 0 Å². The van der Waals surface area contributed by atoms with Crippen LogP contribution in [0, 0.1) is 5.92 Å². The molecule has 0 bridgehead atoms. The lowest BCUT2D eigenvalue weighted by molar-refractivity contribution is -0.125. The molecule has 0 saturated heterocycles. The summed E-state index contributed by atoms with van der Waals surface area (Å²) in [5.74, 6) is 0.501. The smallest absolute Gasteiger partial charge is 0.223 e. The van der Waals surface area contributed by atoms with E-state index in [0.29, 0.717) is 0 Å². The number of carbonyl (C=O) groups is 1. The lowest BCUT2D eigenvalue weighted by Crippen LogP contribution is -2.39. The molecule has 3 N–H and O–H groups in total. The number of nitrogens with two attached hydrogens (primary N) is 1. The van der Waals surface area contributed by atoms with Crippen molar-refractivity contribution in [3.05, 3.63) is 0 Å². The Morgan fingerprint density at radius 3 is 2.50 bits per heavy atom. The Labute approximate surface area is 86.4 Å². The van der Waals surface area contributed by atoms with E-state index in [9.17, 15) is 4.79 Å². The van der Waals surface area contributed by atoms with Gasteiger partial charge in [-0.2, -0.15) is 0 Å². The molecule has 3 nitrogen and oxygen atoms in total. The Balaban J connectivity index is 2.25. The van der Waals surface area contributed by atoms with Gasteiger partial charge in [-0.05, 0) is 33.1 Å². The zero-order chi connectivity index (χ0) is 10.6. The van der Waals surface area contributed by atoms with E-state index in [1.54, 1.807) is 0 Å². The summed E-state index contributed by atoms with van der Waals surface area (Å²) in [6.07, 6.45) is 5.41. The van der Waals surface area contributed by atoms with Crippen LogP contribution in [0.25, 0.3) is 0 Å². The number of rotatable bonds is 4. The van der Waals surface area contributed by atoms with E-state index in [1.807, 2.05) is 13.8 Å². The molecule has 1 fully saturated rings. The van der Waals surface area contributed by atoms with Crippen molar-refractivity contribution in [2.75, 3.05) is 0 Å². The fraction of sp³-hybridized carbons (Fsp3) is 0.909. The van der Waals surface area contributed by atoms with Gasteiger partial charge < -0.3 is 11.1 Å². The zero-order valence-corrected chi connectivity index (χ0v) is 9.25. The standard InChI is InChI=1S/C11H22N2O/c1-8(12)7-9(2)13-11(14)10-5-3-4-6-10/h8-10H,3-7,12H2,1-2H3,(H,13,14). The summed E-state index contributed by atoms with van der Waals surface area (Å²) in [6.45, 7) is 3.99. The highest BCUT2D eigenvalue weighted by Crippen LogP contribution is 2.24. The minimum absolute atomic E-state index is 0.161. The van der Waals surface area contributed by atoms with Crippen LogP contribution < -0.4 is 11.1 Å².